The number of anilines is 1. The minimum atomic E-state index is -0.325. The third kappa shape index (κ3) is 4.00. The largest absolute Gasteiger partial charge is 0.484 e. The normalized spacial score (nSPS) is 10.0. The molecule has 8 nitrogen and oxygen atoms in total. The van der Waals surface area contributed by atoms with E-state index in [4.69, 9.17) is 9.47 Å². The molecule has 0 fully saturated rings. The predicted octanol–water partition coefficient (Wildman–Crippen LogP) is 0.806. The summed E-state index contributed by atoms with van der Waals surface area (Å²) in [6.07, 6.45) is 1.44. The van der Waals surface area contributed by atoms with Crippen molar-refractivity contribution in [3.63, 3.8) is 0 Å². The fourth-order valence-corrected chi connectivity index (χ4v) is 1.88. The van der Waals surface area contributed by atoms with E-state index in [1.54, 1.807) is 31.3 Å². The first-order valence-corrected chi connectivity index (χ1v) is 6.86. The summed E-state index contributed by atoms with van der Waals surface area (Å²) in [5, 5.41) is 9.19. The Labute approximate surface area is 133 Å². The summed E-state index contributed by atoms with van der Waals surface area (Å²) >= 11 is 0. The molecule has 0 bridgehead atoms. The molecule has 0 atom stereocenters. The zero-order valence-electron chi connectivity index (χ0n) is 13.1. The molecule has 2 aromatic rings. The Hall–Kier alpha value is -3.03. The van der Waals surface area contributed by atoms with E-state index in [0.717, 1.165) is 0 Å². The van der Waals surface area contributed by atoms with Gasteiger partial charge >= 0.3 is 0 Å². The summed E-state index contributed by atoms with van der Waals surface area (Å²) in [5.74, 6) is 0.374. The second kappa shape index (κ2) is 7.30. The van der Waals surface area contributed by atoms with Gasteiger partial charge in [-0.1, -0.05) is 0 Å². The Kier molecular flexibility index (Phi) is 5.19. The average Bonchev–Trinajstić information content (AvgIpc) is 2.94. The Morgan fingerprint density at radius 2 is 1.96 bits per heavy atom. The predicted molar refractivity (Wildman–Crippen MR) is 83.7 cm³/mol. The lowest BCUT2D eigenvalue weighted by atomic mass is 10.2. The number of carbonyl (C=O) groups excluding carboxylic acids is 2. The molecule has 0 saturated heterocycles. The molecule has 0 saturated carbocycles. The van der Waals surface area contributed by atoms with Crippen LogP contribution < -0.4 is 20.1 Å². The number of nitrogens with one attached hydrogen (secondary N) is 2. The van der Waals surface area contributed by atoms with E-state index in [1.165, 1.54) is 25.0 Å². The van der Waals surface area contributed by atoms with Gasteiger partial charge in [-0.15, -0.1) is 0 Å². The number of ether oxygens (including phenoxy) is 2. The smallest absolute Gasteiger partial charge is 0.262 e. The molecule has 2 rings (SSSR count). The van der Waals surface area contributed by atoms with Crippen molar-refractivity contribution in [3.8, 4) is 11.6 Å². The fourth-order valence-electron chi connectivity index (χ4n) is 1.88. The average molecular weight is 318 g/mol. The molecule has 0 aliphatic rings. The number of likely N-dealkylation sites (N-methyl/N-ethyl adjacent to an activating group) is 1. The molecule has 1 heterocycles. The number of amides is 2. The Morgan fingerprint density at radius 3 is 2.57 bits per heavy atom. The van der Waals surface area contributed by atoms with Gasteiger partial charge in [0.25, 0.3) is 11.8 Å². The van der Waals surface area contributed by atoms with Gasteiger partial charge in [0.05, 0.1) is 13.3 Å². The van der Waals surface area contributed by atoms with Crippen molar-refractivity contribution in [3.05, 3.63) is 36.0 Å². The molecule has 8 heteroatoms. The minimum absolute atomic E-state index is 0.0604. The second-order valence-electron chi connectivity index (χ2n) is 4.63. The van der Waals surface area contributed by atoms with E-state index in [0.29, 0.717) is 22.9 Å². The van der Waals surface area contributed by atoms with Crippen molar-refractivity contribution >= 4 is 17.5 Å². The highest BCUT2D eigenvalue weighted by molar-refractivity contribution is 6.05. The number of hydrogen-bond acceptors (Lipinski definition) is 5. The van der Waals surface area contributed by atoms with Crippen LogP contribution in [0.5, 0.6) is 11.6 Å². The molecule has 0 aliphatic carbocycles. The molecule has 0 unspecified atom stereocenters. The lowest BCUT2D eigenvalue weighted by molar-refractivity contribution is -0.122. The molecule has 0 spiro atoms. The standard InChI is InChI=1S/C15H18N4O4/c1-16-13(20)9-23-11-6-4-10(5-7-11)18-14(21)12-8-17-19(2)15(12)22-3/h4-8H,9H2,1-3H3,(H,16,20)(H,18,21). The first kappa shape index (κ1) is 16.3. The number of hydrogen-bond donors (Lipinski definition) is 2. The lowest BCUT2D eigenvalue weighted by Crippen LogP contribution is -2.24. The highest BCUT2D eigenvalue weighted by Crippen LogP contribution is 2.20. The van der Waals surface area contributed by atoms with Crippen LogP contribution in [0.3, 0.4) is 0 Å². The van der Waals surface area contributed by atoms with Crippen molar-refractivity contribution in [2.75, 3.05) is 26.1 Å². The molecule has 2 amide bonds. The van der Waals surface area contributed by atoms with Crippen molar-refractivity contribution in [1.29, 1.82) is 0 Å². The summed E-state index contributed by atoms with van der Waals surface area (Å²) in [5.41, 5.74) is 0.933. The van der Waals surface area contributed by atoms with Gasteiger partial charge in [-0.25, -0.2) is 4.68 Å². The van der Waals surface area contributed by atoms with Gasteiger partial charge in [-0.05, 0) is 24.3 Å². The topological polar surface area (TPSA) is 94.5 Å². The maximum Gasteiger partial charge on any atom is 0.262 e. The van der Waals surface area contributed by atoms with Crippen LogP contribution in [-0.2, 0) is 11.8 Å². The van der Waals surface area contributed by atoms with Crippen molar-refractivity contribution in [2.45, 2.75) is 0 Å². The van der Waals surface area contributed by atoms with Crippen LogP contribution >= 0.6 is 0 Å². The SMILES string of the molecule is CNC(=O)COc1ccc(NC(=O)c2cnn(C)c2OC)cc1. The van der Waals surface area contributed by atoms with E-state index in [-0.39, 0.29) is 18.4 Å². The first-order chi connectivity index (χ1) is 11.0. The molecule has 1 aromatic carbocycles. The van der Waals surface area contributed by atoms with Crippen LogP contribution in [0.2, 0.25) is 0 Å². The lowest BCUT2D eigenvalue weighted by Gasteiger charge is -2.08. The molecule has 0 radical (unpaired) electrons. The molecule has 23 heavy (non-hydrogen) atoms. The van der Waals surface area contributed by atoms with Gasteiger partial charge in [0, 0.05) is 19.8 Å². The summed E-state index contributed by atoms with van der Waals surface area (Å²) in [7, 11) is 4.71. The van der Waals surface area contributed by atoms with Crippen LogP contribution in [0.4, 0.5) is 5.69 Å². The van der Waals surface area contributed by atoms with Crippen molar-refractivity contribution in [1.82, 2.24) is 15.1 Å². The van der Waals surface area contributed by atoms with Gasteiger partial charge in [0.15, 0.2) is 6.61 Å². The van der Waals surface area contributed by atoms with Gasteiger partial charge in [-0.3, -0.25) is 9.59 Å². The first-order valence-electron chi connectivity index (χ1n) is 6.86. The van der Waals surface area contributed by atoms with E-state index in [1.807, 2.05) is 0 Å². The molecular formula is C15H18N4O4. The number of nitrogens with zero attached hydrogens (tertiary/aromatic N) is 2. The summed E-state index contributed by atoms with van der Waals surface area (Å²) in [6, 6.07) is 6.69. The Bertz CT molecular complexity index is 694. The van der Waals surface area contributed by atoms with Crippen LogP contribution in [-0.4, -0.2) is 42.4 Å². The van der Waals surface area contributed by atoms with E-state index < -0.39 is 0 Å². The zero-order chi connectivity index (χ0) is 16.8. The monoisotopic (exact) mass is 318 g/mol. The van der Waals surface area contributed by atoms with Gasteiger partial charge in [0.1, 0.15) is 11.3 Å². The maximum atomic E-state index is 12.2. The number of rotatable bonds is 6. The van der Waals surface area contributed by atoms with Gasteiger partial charge in [-0.2, -0.15) is 5.10 Å². The quantitative estimate of drug-likeness (QED) is 0.822. The fraction of sp³-hybridized carbons (Fsp3) is 0.267. The minimum Gasteiger partial charge on any atom is -0.484 e. The van der Waals surface area contributed by atoms with Gasteiger partial charge in [0.2, 0.25) is 5.88 Å². The highest BCUT2D eigenvalue weighted by atomic mass is 16.5. The Morgan fingerprint density at radius 1 is 1.26 bits per heavy atom. The number of methoxy groups -OCH3 is 1. The van der Waals surface area contributed by atoms with E-state index in [9.17, 15) is 9.59 Å². The molecule has 2 N–H and O–H groups in total. The molecule has 122 valence electrons. The Balaban J connectivity index is 2.00. The molecular weight excluding hydrogens is 300 g/mol. The number of aryl methyl sites for hydroxylation is 1. The van der Waals surface area contributed by atoms with Crippen LogP contribution in [0.25, 0.3) is 0 Å². The van der Waals surface area contributed by atoms with Crippen molar-refractivity contribution < 1.29 is 19.1 Å². The third-order valence-corrected chi connectivity index (χ3v) is 3.08. The van der Waals surface area contributed by atoms with E-state index >= 15 is 0 Å². The maximum absolute atomic E-state index is 12.2. The molecule has 1 aromatic heterocycles. The molecule has 0 aliphatic heterocycles. The van der Waals surface area contributed by atoms with Crippen LogP contribution in [0.15, 0.2) is 30.5 Å². The summed E-state index contributed by atoms with van der Waals surface area (Å²) < 4.78 is 11.9. The van der Waals surface area contributed by atoms with E-state index in [2.05, 4.69) is 15.7 Å². The summed E-state index contributed by atoms with van der Waals surface area (Å²) in [4.78, 5) is 23.3. The van der Waals surface area contributed by atoms with Gasteiger partial charge < -0.3 is 20.1 Å². The number of aromatic nitrogens is 2. The zero-order valence-corrected chi connectivity index (χ0v) is 13.1. The number of benzene rings is 1. The summed E-state index contributed by atoms with van der Waals surface area (Å²) in [6.45, 7) is -0.0604. The second-order valence-corrected chi connectivity index (χ2v) is 4.63. The van der Waals surface area contributed by atoms with Crippen LogP contribution in [0, 0.1) is 0 Å². The highest BCUT2D eigenvalue weighted by Gasteiger charge is 2.16. The number of carbonyl (C=O) groups is 2. The van der Waals surface area contributed by atoms with Crippen molar-refractivity contribution in [2.24, 2.45) is 7.05 Å². The van der Waals surface area contributed by atoms with Crippen LogP contribution in [0.1, 0.15) is 10.4 Å². The third-order valence-electron chi connectivity index (χ3n) is 3.08.